The van der Waals surface area contributed by atoms with Crippen LogP contribution in [0.4, 0.5) is 4.39 Å². The molecule has 0 fully saturated rings. The summed E-state index contributed by atoms with van der Waals surface area (Å²) in [4.78, 5) is 24.2. The molecular formula is C19H19FO6. The average molecular weight is 362 g/mol. The fourth-order valence-corrected chi connectivity index (χ4v) is 2.22. The van der Waals surface area contributed by atoms with Gasteiger partial charge in [-0.2, -0.15) is 0 Å². The number of carbonyl (C=O) groups is 2. The van der Waals surface area contributed by atoms with Crippen LogP contribution in [0.1, 0.15) is 26.3 Å². The Bertz CT molecular complexity index is 749. The Kier molecular flexibility index (Phi) is 6.82. The molecule has 0 aliphatic heterocycles. The van der Waals surface area contributed by atoms with Crippen molar-refractivity contribution >= 4 is 11.9 Å². The number of alkyl halides is 1. The molecule has 0 radical (unpaired) electrons. The van der Waals surface area contributed by atoms with Crippen molar-refractivity contribution in [3.8, 4) is 0 Å². The van der Waals surface area contributed by atoms with Crippen molar-refractivity contribution in [3.63, 3.8) is 0 Å². The van der Waals surface area contributed by atoms with E-state index in [4.69, 9.17) is 14.6 Å². The first-order valence-electron chi connectivity index (χ1n) is 7.89. The van der Waals surface area contributed by atoms with Gasteiger partial charge in [-0.15, -0.1) is 0 Å². The molecule has 0 saturated carbocycles. The molecule has 0 saturated heterocycles. The van der Waals surface area contributed by atoms with Crippen LogP contribution in [-0.4, -0.2) is 47.3 Å². The Morgan fingerprint density at radius 3 is 2.23 bits per heavy atom. The zero-order chi connectivity index (χ0) is 19.1. The van der Waals surface area contributed by atoms with Crippen molar-refractivity contribution in [1.29, 1.82) is 0 Å². The van der Waals surface area contributed by atoms with E-state index in [-0.39, 0.29) is 11.1 Å². The van der Waals surface area contributed by atoms with Gasteiger partial charge in [-0.1, -0.05) is 36.4 Å². The maximum atomic E-state index is 14.0. The van der Waals surface area contributed by atoms with Gasteiger partial charge in [0.25, 0.3) is 0 Å². The van der Waals surface area contributed by atoms with E-state index >= 15 is 0 Å². The van der Waals surface area contributed by atoms with Crippen LogP contribution in [0, 0.1) is 6.92 Å². The number of carbonyl (C=O) groups excluding carboxylic acids is 2. The van der Waals surface area contributed by atoms with Gasteiger partial charge < -0.3 is 19.7 Å². The number of hydrogen-bond donors (Lipinski definition) is 2. The number of aliphatic hydroxyl groups is 2. The second-order valence-corrected chi connectivity index (χ2v) is 5.55. The van der Waals surface area contributed by atoms with E-state index in [0.717, 1.165) is 0 Å². The largest absolute Gasteiger partial charge is 0.449 e. The molecule has 3 atom stereocenters. The number of aliphatic hydroxyl groups excluding tert-OH is 2. The van der Waals surface area contributed by atoms with Gasteiger partial charge in [0, 0.05) is 0 Å². The minimum absolute atomic E-state index is 0.125. The van der Waals surface area contributed by atoms with Crippen LogP contribution >= 0.6 is 0 Å². The lowest BCUT2D eigenvalue weighted by Gasteiger charge is -2.25. The van der Waals surface area contributed by atoms with Crippen LogP contribution in [-0.2, 0) is 9.47 Å². The number of ether oxygens (including phenoxy) is 2. The van der Waals surface area contributed by atoms with Gasteiger partial charge in [-0.25, -0.2) is 14.0 Å². The highest BCUT2D eigenvalue weighted by Gasteiger charge is 2.35. The summed E-state index contributed by atoms with van der Waals surface area (Å²) in [6.45, 7) is 0.646. The normalized spacial score (nSPS) is 14.2. The Labute approximate surface area is 149 Å². The first-order chi connectivity index (χ1) is 12.4. The molecule has 2 aromatic carbocycles. The molecule has 0 aliphatic carbocycles. The number of hydrogen-bond acceptors (Lipinski definition) is 6. The zero-order valence-corrected chi connectivity index (χ0v) is 14.0. The van der Waals surface area contributed by atoms with Gasteiger partial charge >= 0.3 is 11.9 Å². The number of esters is 2. The first-order valence-corrected chi connectivity index (χ1v) is 7.89. The first kappa shape index (κ1) is 19.6. The Balaban J connectivity index is 2.12. The molecule has 0 heterocycles. The van der Waals surface area contributed by atoms with Crippen LogP contribution < -0.4 is 0 Å². The van der Waals surface area contributed by atoms with Gasteiger partial charge in [0.2, 0.25) is 6.29 Å². The summed E-state index contributed by atoms with van der Waals surface area (Å²) in [6.07, 6.45) is -6.10. The lowest BCUT2D eigenvalue weighted by Crippen LogP contribution is -2.43. The third-order valence-electron chi connectivity index (χ3n) is 3.66. The minimum atomic E-state index is -2.14. The Hall–Kier alpha value is -2.77. The summed E-state index contributed by atoms with van der Waals surface area (Å²) in [7, 11) is 0. The molecule has 26 heavy (non-hydrogen) atoms. The maximum absolute atomic E-state index is 14.0. The van der Waals surface area contributed by atoms with Crippen molar-refractivity contribution in [2.24, 2.45) is 0 Å². The van der Waals surface area contributed by atoms with Gasteiger partial charge in [0.05, 0.1) is 17.7 Å². The van der Waals surface area contributed by atoms with E-state index in [1.54, 1.807) is 43.3 Å². The van der Waals surface area contributed by atoms with Crippen LogP contribution in [0.3, 0.4) is 0 Å². The van der Waals surface area contributed by atoms with Gasteiger partial charge in [0.1, 0.15) is 0 Å². The molecule has 0 aromatic heterocycles. The summed E-state index contributed by atoms with van der Waals surface area (Å²) in [6, 6.07) is 14.2. The molecule has 0 spiro atoms. The topological polar surface area (TPSA) is 93.1 Å². The summed E-state index contributed by atoms with van der Waals surface area (Å²) in [5.74, 6) is -1.82. The van der Waals surface area contributed by atoms with Crippen molar-refractivity contribution < 1.29 is 33.7 Å². The second-order valence-electron chi connectivity index (χ2n) is 5.55. The standard InChI is InChI=1S/C19H19FO6/c1-12-7-5-6-10-14(12)18(23)26-19(24)16(15(20)11-21)25-17(22)13-8-3-2-4-9-13/h2-10,15-16,19,21,24H,11H2,1H3. The number of halogens is 1. The van der Waals surface area contributed by atoms with E-state index in [9.17, 15) is 19.1 Å². The smallest absolute Gasteiger partial charge is 0.340 e. The monoisotopic (exact) mass is 362 g/mol. The van der Waals surface area contributed by atoms with E-state index in [1.165, 1.54) is 18.2 Å². The summed E-state index contributed by atoms with van der Waals surface area (Å²) >= 11 is 0. The highest BCUT2D eigenvalue weighted by molar-refractivity contribution is 5.91. The Morgan fingerprint density at radius 2 is 1.62 bits per heavy atom. The highest BCUT2D eigenvalue weighted by atomic mass is 19.1. The van der Waals surface area contributed by atoms with Crippen LogP contribution in [0.25, 0.3) is 0 Å². The van der Waals surface area contributed by atoms with Crippen molar-refractivity contribution in [2.75, 3.05) is 6.61 Å². The van der Waals surface area contributed by atoms with Crippen LogP contribution in [0.2, 0.25) is 0 Å². The Morgan fingerprint density at radius 1 is 1.00 bits per heavy atom. The van der Waals surface area contributed by atoms with E-state index in [0.29, 0.717) is 5.56 Å². The van der Waals surface area contributed by atoms with E-state index in [1.807, 2.05) is 0 Å². The molecule has 138 valence electrons. The molecule has 0 amide bonds. The van der Waals surface area contributed by atoms with Crippen molar-refractivity contribution in [2.45, 2.75) is 25.5 Å². The van der Waals surface area contributed by atoms with Crippen molar-refractivity contribution in [1.82, 2.24) is 0 Å². The molecule has 2 aromatic rings. The molecule has 2 N–H and O–H groups in total. The van der Waals surface area contributed by atoms with E-state index < -0.39 is 37.1 Å². The molecule has 2 rings (SSSR count). The SMILES string of the molecule is Cc1ccccc1C(=O)OC(O)C(OC(=O)c1ccccc1)C(F)CO. The minimum Gasteiger partial charge on any atom is -0.449 e. The second kappa shape index (κ2) is 9.07. The molecule has 3 unspecified atom stereocenters. The van der Waals surface area contributed by atoms with Crippen LogP contribution in [0.15, 0.2) is 54.6 Å². The number of benzene rings is 2. The summed E-state index contributed by atoms with van der Waals surface area (Å²) < 4.78 is 23.7. The molecular weight excluding hydrogens is 343 g/mol. The average Bonchev–Trinajstić information content (AvgIpc) is 2.66. The van der Waals surface area contributed by atoms with Gasteiger partial charge in [-0.3, -0.25) is 0 Å². The zero-order valence-electron chi connectivity index (χ0n) is 14.0. The quantitative estimate of drug-likeness (QED) is 0.578. The van der Waals surface area contributed by atoms with Gasteiger partial charge in [0.15, 0.2) is 12.3 Å². The van der Waals surface area contributed by atoms with Gasteiger partial charge in [-0.05, 0) is 30.7 Å². The molecule has 0 bridgehead atoms. The predicted octanol–water partition coefficient (Wildman–Crippen LogP) is 2.03. The van der Waals surface area contributed by atoms with E-state index in [2.05, 4.69) is 0 Å². The third-order valence-corrected chi connectivity index (χ3v) is 3.66. The fourth-order valence-electron chi connectivity index (χ4n) is 2.22. The third kappa shape index (κ3) is 4.87. The summed E-state index contributed by atoms with van der Waals surface area (Å²) in [5, 5.41) is 19.1. The number of aryl methyl sites for hydroxylation is 1. The van der Waals surface area contributed by atoms with Crippen LogP contribution in [0.5, 0.6) is 0 Å². The van der Waals surface area contributed by atoms with Crippen molar-refractivity contribution in [3.05, 3.63) is 71.3 Å². The molecule has 0 aliphatic rings. The lowest BCUT2D eigenvalue weighted by molar-refractivity contribution is -0.156. The summed E-state index contributed by atoms with van der Waals surface area (Å²) in [5.41, 5.74) is 0.903. The molecule has 7 heteroatoms. The maximum Gasteiger partial charge on any atom is 0.340 e. The molecule has 6 nitrogen and oxygen atoms in total. The fraction of sp³-hybridized carbons (Fsp3) is 0.263. The lowest BCUT2D eigenvalue weighted by atomic mass is 10.1. The predicted molar refractivity (Wildman–Crippen MR) is 90.2 cm³/mol. The highest BCUT2D eigenvalue weighted by Crippen LogP contribution is 2.16. The number of rotatable bonds is 7.